The lowest BCUT2D eigenvalue weighted by molar-refractivity contribution is 0.181. The van der Waals surface area contributed by atoms with E-state index in [0.717, 1.165) is 15.6 Å². The van der Waals surface area contributed by atoms with Crippen LogP contribution in [-0.4, -0.2) is 12.1 Å². The highest BCUT2D eigenvalue weighted by atomic mass is 32.1. The molecular weight excluding hydrogens is 256 g/mol. The quantitative estimate of drug-likeness (QED) is 0.913. The summed E-state index contributed by atoms with van der Waals surface area (Å²) >= 11 is 1.69. The van der Waals surface area contributed by atoms with Crippen LogP contribution in [0.15, 0.2) is 30.3 Å². The van der Waals surface area contributed by atoms with Crippen LogP contribution >= 0.6 is 11.3 Å². The standard InChI is InChI=1S/C15H20N2OS/c1-15(2,11-7-5-4-6-8-11)14-17-12(10-18-3)13(9-16)19-14/h4-8H,9-10,16H2,1-3H3. The molecule has 0 amide bonds. The van der Waals surface area contributed by atoms with Crippen molar-refractivity contribution in [1.82, 2.24) is 4.98 Å². The number of hydrogen-bond acceptors (Lipinski definition) is 4. The predicted molar refractivity (Wildman–Crippen MR) is 79.3 cm³/mol. The smallest absolute Gasteiger partial charge is 0.103 e. The topological polar surface area (TPSA) is 48.1 Å². The third-order valence-corrected chi connectivity index (χ3v) is 4.72. The summed E-state index contributed by atoms with van der Waals surface area (Å²) in [5.74, 6) is 0. The second-order valence-electron chi connectivity index (χ2n) is 5.02. The fourth-order valence-corrected chi connectivity index (χ4v) is 3.11. The number of thiazole rings is 1. The second kappa shape index (κ2) is 5.82. The molecule has 0 atom stereocenters. The summed E-state index contributed by atoms with van der Waals surface area (Å²) in [7, 11) is 1.68. The monoisotopic (exact) mass is 276 g/mol. The fraction of sp³-hybridized carbons (Fsp3) is 0.400. The first-order valence-electron chi connectivity index (χ1n) is 6.33. The number of benzene rings is 1. The Morgan fingerprint density at radius 2 is 1.95 bits per heavy atom. The number of methoxy groups -OCH3 is 1. The maximum Gasteiger partial charge on any atom is 0.103 e. The molecule has 102 valence electrons. The maximum atomic E-state index is 5.79. The molecule has 0 saturated heterocycles. The largest absolute Gasteiger partial charge is 0.378 e. The molecule has 0 aliphatic rings. The molecule has 0 aliphatic heterocycles. The molecule has 0 bridgehead atoms. The first-order chi connectivity index (χ1) is 9.09. The Labute approximate surface area is 118 Å². The van der Waals surface area contributed by atoms with Gasteiger partial charge in [-0.05, 0) is 19.4 Å². The number of hydrogen-bond donors (Lipinski definition) is 1. The molecule has 1 aromatic carbocycles. The number of nitrogens with two attached hydrogens (primary N) is 1. The van der Waals surface area contributed by atoms with E-state index in [4.69, 9.17) is 15.5 Å². The van der Waals surface area contributed by atoms with Crippen molar-refractivity contribution < 1.29 is 4.74 Å². The molecule has 0 radical (unpaired) electrons. The molecule has 0 saturated carbocycles. The SMILES string of the molecule is COCc1nc(C(C)(C)c2ccccc2)sc1CN. The van der Waals surface area contributed by atoms with Crippen molar-refractivity contribution in [2.75, 3.05) is 7.11 Å². The van der Waals surface area contributed by atoms with Crippen LogP contribution in [0, 0.1) is 0 Å². The van der Waals surface area contributed by atoms with Crippen LogP contribution in [0.5, 0.6) is 0 Å². The molecule has 2 aromatic rings. The average molecular weight is 276 g/mol. The Balaban J connectivity index is 2.40. The summed E-state index contributed by atoms with van der Waals surface area (Å²) in [5, 5.41) is 1.09. The van der Waals surface area contributed by atoms with Crippen LogP contribution in [0.1, 0.15) is 35.0 Å². The number of ether oxygens (including phenoxy) is 1. The fourth-order valence-electron chi connectivity index (χ4n) is 2.04. The number of rotatable bonds is 5. The lowest BCUT2D eigenvalue weighted by atomic mass is 9.85. The van der Waals surface area contributed by atoms with E-state index in [2.05, 4.69) is 38.1 Å². The second-order valence-corrected chi connectivity index (χ2v) is 6.10. The van der Waals surface area contributed by atoms with Gasteiger partial charge in [0.2, 0.25) is 0 Å². The van der Waals surface area contributed by atoms with Gasteiger partial charge in [-0.1, -0.05) is 30.3 Å². The van der Waals surface area contributed by atoms with Crippen molar-refractivity contribution in [1.29, 1.82) is 0 Å². The molecule has 2 rings (SSSR count). The summed E-state index contributed by atoms with van der Waals surface area (Å²) in [6.45, 7) is 5.42. The van der Waals surface area contributed by atoms with E-state index in [9.17, 15) is 0 Å². The summed E-state index contributed by atoms with van der Waals surface area (Å²) < 4.78 is 5.19. The zero-order chi connectivity index (χ0) is 13.9. The molecule has 0 unspecified atom stereocenters. The van der Waals surface area contributed by atoms with Gasteiger partial charge in [-0.15, -0.1) is 11.3 Å². The van der Waals surface area contributed by atoms with Crippen molar-refractivity contribution in [3.05, 3.63) is 51.5 Å². The highest BCUT2D eigenvalue weighted by Crippen LogP contribution is 2.35. The van der Waals surface area contributed by atoms with E-state index >= 15 is 0 Å². The minimum absolute atomic E-state index is 0.109. The normalized spacial score (nSPS) is 11.8. The Morgan fingerprint density at radius 3 is 2.53 bits per heavy atom. The van der Waals surface area contributed by atoms with E-state index in [0.29, 0.717) is 13.2 Å². The first kappa shape index (κ1) is 14.2. The highest BCUT2D eigenvalue weighted by Gasteiger charge is 2.27. The Hall–Kier alpha value is -1.23. The van der Waals surface area contributed by atoms with E-state index < -0.39 is 0 Å². The van der Waals surface area contributed by atoms with Gasteiger partial charge >= 0.3 is 0 Å². The predicted octanol–water partition coefficient (Wildman–Crippen LogP) is 3.07. The summed E-state index contributed by atoms with van der Waals surface area (Å²) in [5.41, 5.74) is 7.91. The average Bonchev–Trinajstić information content (AvgIpc) is 2.84. The molecule has 19 heavy (non-hydrogen) atoms. The molecule has 0 aliphatic carbocycles. The number of aromatic nitrogens is 1. The zero-order valence-electron chi connectivity index (χ0n) is 11.6. The summed E-state index contributed by atoms with van der Waals surface area (Å²) in [4.78, 5) is 5.84. The lowest BCUT2D eigenvalue weighted by Gasteiger charge is -2.22. The third kappa shape index (κ3) is 2.86. The van der Waals surface area contributed by atoms with E-state index in [1.54, 1.807) is 18.4 Å². The van der Waals surface area contributed by atoms with Crippen molar-refractivity contribution in [3.8, 4) is 0 Å². The van der Waals surface area contributed by atoms with Crippen LogP contribution in [0.25, 0.3) is 0 Å². The number of nitrogens with zero attached hydrogens (tertiary/aromatic N) is 1. The summed E-state index contributed by atoms with van der Waals surface area (Å²) in [6.07, 6.45) is 0. The van der Waals surface area contributed by atoms with Crippen LogP contribution in [0.4, 0.5) is 0 Å². The van der Waals surface area contributed by atoms with Crippen molar-refractivity contribution in [3.63, 3.8) is 0 Å². The van der Waals surface area contributed by atoms with Crippen molar-refractivity contribution in [2.24, 2.45) is 5.73 Å². The van der Waals surface area contributed by atoms with Gasteiger partial charge in [0, 0.05) is 23.9 Å². The first-order valence-corrected chi connectivity index (χ1v) is 7.14. The van der Waals surface area contributed by atoms with Gasteiger partial charge < -0.3 is 10.5 Å². The minimum Gasteiger partial charge on any atom is -0.378 e. The van der Waals surface area contributed by atoms with Gasteiger partial charge in [0.25, 0.3) is 0 Å². The molecular formula is C15H20N2OS. The van der Waals surface area contributed by atoms with E-state index in [1.807, 2.05) is 6.07 Å². The van der Waals surface area contributed by atoms with Crippen LogP contribution in [0.2, 0.25) is 0 Å². The Bertz CT molecular complexity index is 534. The molecule has 1 heterocycles. The zero-order valence-corrected chi connectivity index (χ0v) is 12.5. The summed E-state index contributed by atoms with van der Waals surface area (Å²) in [6, 6.07) is 10.4. The molecule has 0 fully saturated rings. The maximum absolute atomic E-state index is 5.79. The van der Waals surface area contributed by atoms with E-state index in [-0.39, 0.29) is 5.41 Å². The Morgan fingerprint density at radius 1 is 1.26 bits per heavy atom. The van der Waals surface area contributed by atoms with Gasteiger partial charge in [0.1, 0.15) is 5.01 Å². The van der Waals surface area contributed by atoms with Gasteiger partial charge in [-0.3, -0.25) is 0 Å². The van der Waals surface area contributed by atoms with Crippen molar-refractivity contribution >= 4 is 11.3 Å². The Kier molecular flexibility index (Phi) is 4.34. The van der Waals surface area contributed by atoms with E-state index in [1.165, 1.54) is 5.56 Å². The molecule has 0 spiro atoms. The molecule has 4 heteroatoms. The van der Waals surface area contributed by atoms with Gasteiger partial charge in [0.15, 0.2) is 0 Å². The third-order valence-electron chi connectivity index (χ3n) is 3.27. The van der Waals surface area contributed by atoms with Gasteiger partial charge in [-0.25, -0.2) is 4.98 Å². The van der Waals surface area contributed by atoms with Crippen molar-refractivity contribution in [2.45, 2.75) is 32.4 Å². The van der Waals surface area contributed by atoms with Crippen LogP contribution in [-0.2, 0) is 23.3 Å². The van der Waals surface area contributed by atoms with Gasteiger partial charge in [-0.2, -0.15) is 0 Å². The van der Waals surface area contributed by atoms with Crippen LogP contribution in [0.3, 0.4) is 0 Å². The molecule has 1 aromatic heterocycles. The molecule has 2 N–H and O–H groups in total. The molecule has 3 nitrogen and oxygen atoms in total. The minimum atomic E-state index is -0.109. The lowest BCUT2D eigenvalue weighted by Crippen LogP contribution is -2.18. The van der Waals surface area contributed by atoms with Gasteiger partial charge in [0.05, 0.1) is 12.3 Å². The highest BCUT2D eigenvalue weighted by molar-refractivity contribution is 7.11. The van der Waals surface area contributed by atoms with Crippen LogP contribution < -0.4 is 5.73 Å².